The molecule has 0 saturated heterocycles. The van der Waals surface area contributed by atoms with E-state index >= 15 is 0 Å². The fourth-order valence-electron chi connectivity index (χ4n) is 1.33. The van der Waals surface area contributed by atoms with E-state index in [-0.39, 0.29) is 0 Å². The van der Waals surface area contributed by atoms with Crippen LogP contribution in [0.25, 0.3) is 0 Å². The Morgan fingerprint density at radius 1 is 1.50 bits per heavy atom. The summed E-state index contributed by atoms with van der Waals surface area (Å²) in [6.45, 7) is 9.09. The van der Waals surface area contributed by atoms with Crippen molar-refractivity contribution in [3.8, 4) is 0 Å². The Morgan fingerprint density at radius 2 is 2.25 bits per heavy atom. The molecule has 1 aromatic rings. The molecule has 0 aliphatic carbocycles. The van der Waals surface area contributed by atoms with Crippen LogP contribution in [0.4, 0.5) is 0 Å². The molecule has 0 amide bonds. The van der Waals surface area contributed by atoms with Crippen LogP contribution in [-0.4, -0.2) is 19.3 Å². The quantitative estimate of drug-likeness (QED) is 0.775. The van der Waals surface area contributed by atoms with Crippen molar-refractivity contribution < 1.29 is 4.74 Å². The molecule has 92 valence electrons. The summed E-state index contributed by atoms with van der Waals surface area (Å²) >= 11 is 5.37. The molecule has 1 aromatic heterocycles. The summed E-state index contributed by atoms with van der Waals surface area (Å²) in [5.74, 6) is 0. The predicted molar refractivity (Wildman–Crippen MR) is 74.2 cm³/mol. The van der Waals surface area contributed by atoms with Gasteiger partial charge >= 0.3 is 0 Å². The Balaban J connectivity index is 2.07. The van der Waals surface area contributed by atoms with Crippen LogP contribution >= 0.6 is 27.3 Å². The molecule has 0 radical (unpaired) electrons. The van der Waals surface area contributed by atoms with Crippen LogP contribution in [0.1, 0.15) is 30.0 Å². The summed E-state index contributed by atoms with van der Waals surface area (Å²) in [6, 6.07) is 2.19. The highest BCUT2D eigenvalue weighted by Gasteiger charge is 2.01. The van der Waals surface area contributed by atoms with Crippen molar-refractivity contribution >= 4 is 27.3 Å². The molecule has 0 bridgehead atoms. The number of thiophene rings is 1. The summed E-state index contributed by atoms with van der Waals surface area (Å²) in [7, 11) is 0. The predicted octanol–water partition coefficient (Wildman–Crippen LogP) is 3.72. The minimum absolute atomic E-state index is 0.343. The molecule has 1 rings (SSSR count). The standard InChI is InChI=1S/C12H20BrNOS/c1-9(2)15-6-4-5-14-8-11-7-12(13)10(3)16-11/h7,9,14H,4-6,8H2,1-3H3. The first-order valence-electron chi connectivity index (χ1n) is 5.66. The van der Waals surface area contributed by atoms with E-state index in [0.29, 0.717) is 6.10 Å². The van der Waals surface area contributed by atoms with Gasteiger partial charge in [-0.3, -0.25) is 0 Å². The Bertz CT molecular complexity index is 292. The van der Waals surface area contributed by atoms with E-state index in [4.69, 9.17) is 4.74 Å². The van der Waals surface area contributed by atoms with Gasteiger partial charge in [0, 0.05) is 27.4 Å². The monoisotopic (exact) mass is 305 g/mol. The maximum atomic E-state index is 5.47. The van der Waals surface area contributed by atoms with Gasteiger partial charge in [0.25, 0.3) is 0 Å². The van der Waals surface area contributed by atoms with Crippen LogP contribution in [-0.2, 0) is 11.3 Å². The largest absolute Gasteiger partial charge is 0.379 e. The maximum Gasteiger partial charge on any atom is 0.0518 e. The van der Waals surface area contributed by atoms with Gasteiger partial charge in [0.1, 0.15) is 0 Å². The molecule has 0 aromatic carbocycles. The van der Waals surface area contributed by atoms with E-state index in [1.807, 2.05) is 11.3 Å². The van der Waals surface area contributed by atoms with E-state index < -0.39 is 0 Å². The van der Waals surface area contributed by atoms with Crippen molar-refractivity contribution in [2.24, 2.45) is 0 Å². The van der Waals surface area contributed by atoms with Crippen LogP contribution in [0.2, 0.25) is 0 Å². The van der Waals surface area contributed by atoms with Crippen molar-refractivity contribution in [3.05, 3.63) is 20.3 Å². The van der Waals surface area contributed by atoms with E-state index in [1.54, 1.807) is 0 Å². The Labute approximate surface area is 111 Å². The minimum atomic E-state index is 0.343. The zero-order valence-corrected chi connectivity index (χ0v) is 12.6. The molecule has 0 spiro atoms. The van der Waals surface area contributed by atoms with E-state index in [0.717, 1.165) is 26.1 Å². The molecular formula is C12H20BrNOS. The van der Waals surface area contributed by atoms with Crippen molar-refractivity contribution in [1.29, 1.82) is 0 Å². The molecule has 1 heterocycles. The van der Waals surface area contributed by atoms with Gasteiger partial charge in [-0.15, -0.1) is 11.3 Å². The average molecular weight is 306 g/mol. The average Bonchev–Trinajstić information content (AvgIpc) is 2.52. The first kappa shape index (κ1) is 14.2. The van der Waals surface area contributed by atoms with Gasteiger partial charge < -0.3 is 10.1 Å². The molecule has 0 saturated carbocycles. The fourth-order valence-corrected chi connectivity index (χ4v) is 2.90. The third-order valence-corrected chi connectivity index (χ3v) is 4.29. The van der Waals surface area contributed by atoms with Gasteiger partial charge in [0.2, 0.25) is 0 Å². The van der Waals surface area contributed by atoms with Crippen LogP contribution < -0.4 is 5.32 Å². The molecule has 0 unspecified atom stereocenters. The number of halogens is 1. The van der Waals surface area contributed by atoms with E-state index in [2.05, 4.69) is 48.1 Å². The summed E-state index contributed by atoms with van der Waals surface area (Å²) in [4.78, 5) is 2.73. The second-order valence-corrected chi connectivity index (χ2v) is 6.26. The first-order chi connectivity index (χ1) is 7.59. The van der Waals surface area contributed by atoms with Crippen molar-refractivity contribution in [2.75, 3.05) is 13.2 Å². The summed E-state index contributed by atoms with van der Waals surface area (Å²) in [5.41, 5.74) is 0. The fraction of sp³-hybridized carbons (Fsp3) is 0.667. The minimum Gasteiger partial charge on any atom is -0.379 e. The van der Waals surface area contributed by atoms with Gasteiger partial charge in [-0.2, -0.15) is 0 Å². The number of hydrogen-bond donors (Lipinski definition) is 1. The molecule has 1 N–H and O–H groups in total. The molecular weight excluding hydrogens is 286 g/mol. The lowest BCUT2D eigenvalue weighted by atomic mass is 10.4. The van der Waals surface area contributed by atoms with E-state index in [1.165, 1.54) is 14.2 Å². The van der Waals surface area contributed by atoms with Gasteiger partial charge in [-0.25, -0.2) is 0 Å². The summed E-state index contributed by atoms with van der Waals surface area (Å²) in [5, 5.41) is 3.43. The second kappa shape index (κ2) is 7.43. The van der Waals surface area contributed by atoms with Crippen LogP contribution in [0, 0.1) is 6.92 Å². The molecule has 0 atom stereocenters. The molecule has 2 nitrogen and oxygen atoms in total. The summed E-state index contributed by atoms with van der Waals surface area (Å²) < 4.78 is 6.69. The maximum absolute atomic E-state index is 5.47. The van der Waals surface area contributed by atoms with Gasteiger partial charge in [-0.05, 0) is 55.7 Å². The molecule has 0 aliphatic rings. The zero-order chi connectivity index (χ0) is 12.0. The molecule has 0 fully saturated rings. The topological polar surface area (TPSA) is 21.3 Å². The lowest BCUT2D eigenvalue weighted by Gasteiger charge is -2.07. The van der Waals surface area contributed by atoms with Gasteiger partial charge in [0.05, 0.1) is 6.10 Å². The molecule has 16 heavy (non-hydrogen) atoms. The lowest BCUT2D eigenvalue weighted by molar-refractivity contribution is 0.0770. The normalized spacial score (nSPS) is 11.3. The Morgan fingerprint density at radius 3 is 2.81 bits per heavy atom. The highest BCUT2D eigenvalue weighted by Crippen LogP contribution is 2.25. The van der Waals surface area contributed by atoms with Gasteiger partial charge in [0.15, 0.2) is 0 Å². The second-order valence-electron chi connectivity index (χ2n) is 4.07. The number of aryl methyl sites for hydroxylation is 1. The lowest BCUT2D eigenvalue weighted by Crippen LogP contribution is -2.16. The highest BCUT2D eigenvalue weighted by molar-refractivity contribution is 9.10. The Kier molecular flexibility index (Phi) is 6.58. The Hall–Kier alpha value is 0.100. The first-order valence-corrected chi connectivity index (χ1v) is 7.27. The van der Waals surface area contributed by atoms with Gasteiger partial charge in [-0.1, -0.05) is 0 Å². The van der Waals surface area contributed by atoms with Crippen LogP contribution in [0.3, 0.4) is 0 Å². The zero-order valence-electron chi connectivity index (χ0n) is 10.2. The number of ether oxygens (including phenoxy) is 1. The SMILES string of the molecule is Cc1sc(CNCCCOC(C)C)cc1Br. The molecule has 4 heteroatoms. The highest BCUT2D eigenvalue weighted by atomic mass is 79.9. The van der Waals surface area contributed by atoms with Crippen LogP contribution in [0.15, 0.2) is 10.5 Å². The molecule has 0 aliphatic heterocycles. The third-order valence-electron chi connectivity index (χ3n) is 2.16. The van der Waals surface area contributed by atoms with Crippen molar-refractivity contribution in [2.45, 2.75) is 39.8 Å². The van der Waals surface area contributed by atoms with Crippen molar-refractivity contribution in [3.63, 3.8) is 0 Å². The smallest absolute Gasteiger partial charge is 0.0518 e. The number of rotatable bonds is 7. The number of hydrogen-bond acceptors (Lipinski definition) is 3. The van der Waals surface area contributed by atoms with E-state index in [9.17, 15) is 0 Å². The van der Waals surface area contributed by atoms with Crippen molar-refractivity contribution in [1.82, 2.24) is 5.32 Å². The number of nitrogens with one attached hydrogen (secondary N) is 1. The third kappa shape index (κ3) is 5.43. The summed E-state index contributed by atoms with van der Waals surface area (Å²) in [6.07, 6.45) is 1.42. The van der Waals surface area contributed by atoms with Crippen LogP contribution in [0.5, 0.6) is 0 Å².